The molecule has 0 bridgehead atoms. The molecule has 9 rings (SSSR count). The minimum atomic E-state index is -3.51. The van der Waals surface area contributed by atoms with Gasteiger partial charge in [-0.15, -0.1) is 90.0 Å². The predicted molar refractivity (Wildman–Crippen MR) is 236 cm³/mol. The van der Waals surface area contributed by atoms with Crippen LogP contribution in [-0.4, -0.2) is 15.0 Å². The van der Waals surface area contributed by atoms with Crippen LogP contribution in [0.4, 0.5) is 0 Å². The summed E-state index contributed by atoms with van der Waals surface area (Å²) in [5.74, 6) is 0. The summed E-state index contributed by atoms with van der Waals surface area (Å²) >= 11 is 0. The molecule has 5 aromatic carbocycles. The molecule has 6 heteroatoms. The first-order chi connectivity index (χ1) is 36.8. The van der Waals surface area contributed by atoms with E-state index in [0.29, 0.717) is 22.6 Å². The molecule has 4 aromatic heterocycles. The molecule has 0 aliphatic carbocycles. The van der Waals surface area contributed by atoms with Gasteiger partial charge in [0.1, 0.15) is 5.58 Å². The Labute approximate surface area is 393 Å². The van der Waals surface area contributed by atoms with Crippen LogP contribution in [0.1, 0.15) is 77.5 Å². The molecule has 0 radical (unpaired) electrons. The van der Waals surface area contributed by atoms with Gasteiger partial charge in [0.15, 0.2) is 0 Å². The van der Waals surface area contributed by atoms with Gasteiger partial charge in [-0.05, 0) is 121 Å². The van der Waals surface area contributed by atoms with E-state index in [4.69, 9.17) is 15.4 Å². The van der Waals surface area contributed by atoms with Crippen molar-refractivity contribution in [2.24, 2.45) is 0 Å². The molecule has 0 aliphatic rings. The summed E-state index contributed by atoms with van der Waals surface area (Å²) in [6, 6.07) is 34.2. The molecular weight excluding hydrogens is 913 g/mol. The second-order valence-corrected chi connectivity index (χ2v) is 13.1. The predicted octanol–water partition coefficient (Wildman–Crippen LogP) is 12.0. The van der Waals surface area contributed by atoms with Gasteiger partial charge in [-0.2, -0.15) is 5.26 Å². The maximum atomic E-state index is 9.62. The number of nitrogens with zero attached hydrogens (tertiary/aromatic N) is 4. The largest absolute Gasteiger partial charge is 3.00 e. The molecule has 0 unspecified atom stereocenters. The number of hydrogen-bond acceptors (Lipinski definition) is 5. The monoisotopic (exact) mass is 974 g/mol. The Hall–Kier alpha value is -6.51. The van der Waals surface area contributed by atoms with Crippen LogP contribution in [0, 0.1) is 43.2 Å². The summed E-state index contributed by atoms with van der Waals surface area (Å²) in [5, 5.41) is 10.2. The van der Waals surface area contributed by atoms with E-state index < -0.39 is 96.4 Å². The van der Waals surface area contributed by atoms with Gasteiger partial charge in [0, 0.05) is 48.7 Å². The summed E-state index contributed by atoms with van der Waals surface area (Å²) < 4.78 is 187. The number of pyridine rings is 3. The average Bonchev–Trinajstić information content (AvgIpc) is 3.96. The third-order valence-electron chi connectivity index (χ3n) is 9.15. The fourth-order valence-electron chi connectivity index (χ4n) is 6.25. The molecule has 0 N–H and O–H groups in total. The molecule has 0 saturated carbocycles. The molecule has 0 fully saturated rings. The third kappa shape index (κ3) is 8.89. The van der Waals surface area contributed by atoms with E-state index in [9.17, 15) is 21.7 Å². The zero-order chi connectivity index (χ0) is 57.6. The second-order valence-electron chi connectivity index (χ2n) is 13.1. The molecule has 9 aromatic rings. The number of rotatable bonds is 12. The van der Waals surface area contributed by atoms with Gasteiger partial charge >= 0.3 is 20.1 Å². The van der Waals surface area contributed by atoms with Crippen molar-refractivity contribution in [2.45, 2.75) is 51.9 Å². The fourth-order valence-corrected chi connectivity index (χ4v) is 6.25. The quantitative estimate of drug-likeness (QED) is 0.114. The second kappa shape index (κ2) is 18.2. The first-order valence-electron chi connectivity index (χ1n) is 28.1. The van der Waals surface area contributed by atoms with Crippen molar-refractivity contribution in [3.8, 4) is 39.8 Å². The van der Waals surface area contributed by atoms with E-state index in [1.807, 2.05) is 6.07 Å². The number of furan rings is 1. The van der Waals surface area contributed by atoms with Gasteiger partial charge in [-0.1, -0.05) is 64.5 Å². The minimum absolute atomic E-state index is 0. The zero-order valence-electron chi connectivity index (χ0n) is 51.2. The smallest absolute Gasteiger partial charge is 0.501 e. The van der Waals surface area contributed by atoms with Gasteiger partial charge in [0.2, 0.25) is 0 Å². The van der Waals surface area contributed by atoms with Crippen LogP contribution in [-0.2, 0) is 58.3 Å². The van der Waals surface area contributed by atoms with E-state index in [1.165, 1.54) is 36.4 Å². The summed E-state index contributed by atoms with van der Waals surface area (Å²) in [6.07, 6.45) is -17.8. The molecule has 0 amide bonds. The van der Waals surface area contributed by atoms with Gasteiger partial charge in [0.25, 0.3) is 0 Å². The van der Waals surface area contributed by atoms with Gasteiger partial charge in [-0.25, -0.2) is 0 Å². The Kier molecular flexibility index (Phi) is 6.89. The number of aryl methyl sites for hydroxylation is 8. The maximum Gasteiger partial charge on any atom is 3.00 e. The van der Waals surface area contributed by atoms with Crippen molar-refractivity contribution in [3.05, 3.63) is 208 Å². The van der Waals surface area contributed by atoms with Crippen LogP contribution >= 0.6 is 0 Å². The van der Waals surface area contributed by atoms with E-state index in [0.717, 1.165) is 42.9 Å². The van der Waals surface area contributed by atoms with Crippen molar-refractivity contribution >= 4 is 21.9 Å². The van der Waals surface area contributed by atoms with Crippen LogP contribution in [0.3, 0.4) is 0 Å². The van der Waals surface area contributed by atoms with Crippen LogP contribution in [0.2, 0.25) is 0 Å². The zero-order valence-corrected chi connectivity index (χ0v) is 33.5. The SMILES string of the molecule is [2H]c1cc2oc3c(-c4ccc(C([2H])([2H])C([2H])([2H])c5cc(C([2H])([2H])C([2H])([2H])c6cnc(-c7[c-]cccc7)cc6C([2H])([2H])[2H])cc(C([2H])([2H])C([2H])([2H])c6cnc(-c7[c-]cccc7)cc6C([2H])([2H])[2H])c5)cn4)[c-]ccc3c2c([2H])c1C#N.[Ir+3]. The van der Waals surface area contributed by atoms with Crippen molar-refractivity contribution in [3.63, 3.8) is 0 Å². The number of nitriles is 1. The summed E-state index contributed by atoms with van der Waals surface area (Å²) in [4.78, 5) is 12.9. The van der Waals surface area contributed by atoms with E-state index in [1.54, 1.807) is 42.5 Å². The summed E-state index contributed by atoms with van der Waals surface area (Å²) in [6.45, 7) is -6.19. The van der Waals surface area contributed by atoms with Gasteiger partial charge in [-0.3, -0.25) is 0 Å². The minimum Gasteiger partial charge on any atom is -0.501 e. The Morgan fingerprint density at radius 1 is 0.633 bits per heavy atom. The van der Waals surface area contributed by atoms with E-state index in [2.05, 4.69) is 33.2 Å². The fraction of sp³-hybridized carbons (Fsp3) is 0.148. The number of hydrogen-bond donors (Lipinski definition) is 0. The number of aromatic nitrogens is 3. The van der Waals surface area contributed by atoms with Crippen molar-refractivity contribution in [1.82, 2.24) is 15.0 Å². The van der Waals surface area contributed by atoms with E-state index >= 15 is 0 Å². The van der Waals surface area contributed by atoms with Crippen molar-refractivity contribution in [2.75, 3.05) is 0 Å². The van der Waals surface area contributed by atoms with Gasteiger partial charge in [0.05, 0.1) is 20.0 Å². The van der Waals surface area contributed by atoms with E-state index in [-0.39, 0.29) is 77.0 Å². The molecule has 60 heavy (non-hydrogen) atoms. The first kappa shape index (κ1) is 22.7. The molecule has 5 nitrogen and oxygen atoms in total. The average molecular weight is 974 g/mol. The molecule has 0 saturated heterocycles. The Bertz CT molecular complexity index is 3730. The molecule has 4 heterocycles. The van der Waals surface area contributed by atoms with Crippen LogP contribution in [0.5, 0.6) is 0 Å². The van der Waals surface area contributed by atoms with Crippen LogP contribution in [0.15, 0.2) is 144 Å². The molecule has 0 aliphatic heterocycles. The topological polar surface area (TPSA) is 75.6 Å². The van der Waals surface area contributed by atoms with Crippen molar-refractivity contribution < 1.29 is 51.9 Å². The Balaban J connectivity index is 0.00000841. The normalized spacial score (nSPS) is 17.9. The van der Waals surface area contributed by atoms with Gasteiger partial charge < -0.3 is 19.4 Å². The first-order valence-corrected chi connectivity index (χ1v) is 18.1. The summed E-state index contributed by atoms with van der Waals surface area (Å²) in [5.41, 5.74) is -4.75. The third-order valence-corrected chi connectivity index (χ3v) is 9.15. The van der Waals surface area contributed by atoms with Crippen LogP contribution in [0.25, 0.3) is 55.7 Å². The number of benzene rings is 5. The summed E-state index contributed by atoms with van der Waals surface area (Å²) in [7, 11) is 0. The van der Waals surface area contributed by atoms with Crippen molar-refractivity contribution in [1.29, 1.82) is 5.26 Å². The Morgan fingerprint density at radius 3 is 1.78 bits per heavy atom. The molecule has 292 valence electrons. The Morgan fingerprint density at radius 2 is 1.23 bits per heavy atom. The van der Waals surface area contributed by atoms with Crippen LogP contribution < -0.4 is 0 Å². The standard InChI is InChI=1S/C54H41N4O.Ir/c1-36-26-51(43-10-5-3-6-11-43)57-34-45(36)22-18-40-28-39(29-41(30-40)19-23-46-35-58-52(27-37(46)2)44-12-7-4-8-13-44)17-16-38-20-24-50(56-33-38)48-15-9-14-47-49-31-42(32-55)21-25-53(49)59-54(47)48;/h3-10,12,14,20-21,24-31,33-35H,16-19,22-23H2,1-2H3;/q-3;+3/i1D3,2D3,16D2,17D2,18D2,19D2,21D,22D2,23D2,31D;. The maximum absolute atomic E-state index is 9.62. The molecule has 0 atom stereocenters. The molecular formula is C54H41IrN4O. The molecule has 0 spiro atoms. The number of fused-ring (bicyclic) bond motifs is 3.